The molecule has 4 rings (SSSR count). The van der Waals surface area contributed by atoms with Gasteiger partial charge in [-0.25, -0.2) is 9.59 Å². The van der Waals surface area contributed by atoms with Gasteiger partial charge in [0.25, 0.3) is 0 Å². The van der Waals surface area contributed by atoms with E-state index < -0.39 is 23.4 Å². The van der Waals surface area contributed by atoms with Crippen LogP contribution in [-0.4, -0.2) is 72.4 Å². The molecule has 0 spiro atoms. The van der Waals surface area contributed by atoms with Gasteiger partial charge in [-0.05, 0) is 146 Å². The number of carbonyl (C=O) groups is 4. The molecule has 0 aromatic carbocycles. The van der Waals surface area contributed by atoms with Crippen LogP contribution < -0.4 is 10.6 Å². The van der Waals surface area contributed by atoms with Crippen LogP contribution in [0.1, 0.15) is 172 Å². The fourth-order valence-corrected chi connectivity index (χ4v) is 11.3. The lowest BCUT2D eigenvalue weighted by Crippen LogP contribution is -2.51. The standard InChI is InChI=1S/C47H81N3O7/c1-32(2)15-12-16-33(3)37-19-20-38-36-18-17-34-31-35(23-25-46(34,10)39(36)24-26-47(37,38)11)55-41(52)22-21-40(51)50(29-13-27-48-42(53)56-44(4,5)6)30-14-28-49-43(54)57-45(7,8)9/h17,32-33,35-39H,12-16,18-31H2,1-11H3,(H,48,53)(H,49,54). The fraction of sp³-hybridized carbons (Fsp3) is 0.872. The van der Waals surface area contributed by atoms with E-state index in [2.05, 4.69) is 51.3 Å². The van der Waals surface area contributed by atoms with E-state index in [1.807, 2.05) is 41.5 Å². The Morgan fingerprint density at radius 3 is 1.98 bits per heavy atom. The lowest BCUT2D eigenvalue weighted by Gasteiger charge is -2.58. The molecule has 4 aliphatic rings. The van der Waals surface area contributed by atoms with Crippen molar-refractivity contribution >= 4 is 24.1 Å². The van der Waals surface area contributed by atoms with Crippen molar-refractivity contribution in [1.29, 1.82) is 0 Å². The first-order valence-electron chi connectivity index (χ1n) is 22.7. The lowest BCUT2D eigenvalue weighted by atomic mass is 9.47. The van der Waals surface area contributed by atoms with Gasteiger partial charge in [-0.2, -0.15) is 0 Å². The van der Waals surface area contributed by atoms with Gasteiger partial charge in [0.05, 0.1) is 6.42 Å². The number of carbonyl (C=O) groups excluding carboxylic acids is 4. The van der Waals surface area contributed by atoms with Crippen LogP contribution >= 0.6 is 0 Å². The van der Waals surface area contributed by atoms with Gasteiger partial charge in [0, 0.05) is 39.0 Å². The highest BCUT2D eigenvalue weighted by molar-refractivity contribution is 5.81. The average Bonchev–Trinajstić information content (AvgIpc) is 3.45. The molecule has 326 valence electrons. The molecule has 0 aromatic heterocycles. The van der Waals surface area contributed by atoms with E-state index >= 15 is 0 Å². The molecule has 10 heteroatoms. The molecule has 3 amide bonds. The van der Waals surface area contributed by atoms with Crippen molar-refractivity contribution in [2.75, 3.05) is 26.2 Å². The zero-order valence-corrected chi connectivity index (χ0v) is 37.9. The molecule has 8 atom stereocenters. The number of allylic oxidation sites excluding steroid dienone is 1. The fourth-order valence-electron chi connectivity index (χ4n) is 11.3. The van der Waals surface area contributed by atoms with Crippen LogP contribution in [0.15, 0.2) is 11.6 Å². The van der Waals surface area contributed by atoms with Gasteiger partial charge in [0.2, 0.25) is 5.91 Å². The molecule has 3 fully saturated rings. The van der Waals surface area contributed by atoms with Gasteiger partial charge < -0.3 is 29.7 Å². The van der Waals surface area contributed by atoms with E-state index in [9.17, 15) is 19.2 Å². The number of alkyl carbamates (subject to hydrolysis) is 2. The summed E-state index contributed by atoms with van der Waals surface area (Å²) < 4.78 is 16.7. The molecule has 2 N–H and O–H groups in total. The molecular weight excluding hydrogens is 719 g/mol. The molecule has 3 saturated carbocycles. The summed E-state index contributed by atoms with van der Waals surface area (Å²) >= 11 is 0. The maximum absolute atomic E-state index is 13.4. The topological polar surface area (TPSA) is 123 Å². The second kappa shape index (κ2) is 20.0. The SMILES string of the molecule is CC(C)CCCC(C)C1CCC2C3CC=C4CC(OC(=O)CCC(=O)N(CCCNC(=O)OC(C)(C)C)CCCNC(=O)OC(C)(C)C)CCC4(C)C3CCC12C. The molecule has 0 heterocycles. The lowest BCUT2D eigenvalue weighted by molar-refractivity contribution is -0.153. The van der Waals surface area contributed by atoms with E-state index in [-0.39, 0.29) is 36.2 Å². The number of nitrogens with one attached hydrogen (secondary N) is 2. The Morgan fingerprint density at radius 2 is 1.40 bits per heavy atom. The highest BCUT2D eigenvalue weighted by atomic mass is 16.6. The summed E-state index contributed by atoms with van der Waals surface area (Å²) in [5.74, 6) is 4.28. The van der Waals surface area contributed by atoms with E-state index in [4.69, 9.17) is 14.2 Å². The summed E-state index contributed by atoms with van der Waals surface area (Å²) in [7, 11) is 0. The van der Waals surface area contributed by atoms with Crippen molar-refractivity contribution in [2.45, 2.75) is 190 Å². The number of fused-ring (bicyclic) bond motifs is 5. The van der Waals surface area contributed by atoms with E-state index in [1.165, 1.54) is 50.5 Å². The summed E-state index contributed by atoms with van der Waals surface area (Å²) in [6.07, 6.45) is 15.9. The molecule has 0 radical (unpaired) electrons. The Labute approximate surface area is 346 Å². The number of nitrogens with zero attached hydrogens (tertiary/aromatic N) is 1. The third-order valence-corrected chi connectivity index (χ3v) is 14.0. The molecule has 8 unspecified atom stereocenters. The Balaban J connectivity index is 1.27. The van der Waals surface area contributed by atoms with Crippen molar-refractivity contribution in [2.24, 2.45) is 46.3 Å². The molecular formula is C47H81N3O7. The molecule has 57 heavy (non-hydrogen) atoms. The third kappa shape index (κ3) is 13.4. The maximum Gasteiger partial charge on any atom is 0.407 e. The molecule has 0 aromatic rings. The number of amides is 3. The largest absolute Gasteiger partial charge is 0.462 e. The van der Waals surface area contributed by atoms with Crippen LogP contribution in [0.4, 0.5) is 9.59 Å². The quantitative estimate of drug-likeness (QED) is 0.0650. The van der Waals surface area contributed by atoms with Gasteiger partial charge in [0.1, 0.15) is 17.3 Å². The van der Waals surface area contributed by atoms with E-state index in [1.54, 1.807) is 4.90 Å². The number of rotatable bonds is 17. The first kappa shape index (κ1) is 46.9. The van der Waals surface area contributed by atoms with Gasteiger partial charge in [-0.1, -0.05) is 65.5 Å². The van der Waals surface area contributed by atoms with Crippen molar-refractivity contribution < 1.29 is 33.4 Å². The van der Waals surface area contributed by atoms with Crippen LogP contribution in [-0.2, 0) is 23.8 Å². The van der Waals surface area contributed by atoms with Crippen LogP contribution in [0.3, 0.4) is 0 Å². The predicted molar refractivity (Wildman–Crippen MR) is 226 cm³/mol. The zero-order chi connectivity index (χ0) is 42.2. The minimum absolute atomic E-state index is 0.0243. The monoisotopic (exact) mass is 800 g/mol. The number of hydrogen-bond acceptors (Lipinski definition) is 7. The smallest absolute Gasteiger partial charge is 0.407 e. The summed E-state index contributed by atoms with van der Waals surface area (Å²) in [5.41, 5.74) is 0.946. The zero-order valence-electron chi connectivity index (χ0n) is 37.9. The van der Waals surface area contributed by atoms with Crippen molar-refractivity contribution in [3.63, 3.8) is 0 Å². The highest BCUT2D eigenvalue weighted by Crippen LogP contribution is 2.67. The molecule has 0 saturated heterocycles. The molecule has 0 bridgehead atoms. The van der Waals surface area contributed by atoms with Crippen LogP contribution in [0.5, 0.6) is 0 Å². The van der Waals surface area contributed by atoms with Gasteiger partial charge in [-0.3, -0.25) is 9.59 Å². The summed E-state index contributed by atoms with van der Waals surface area (Å²) in [6, 6.07) is 0. The second-order valence-electron chi connectivity index (χ2n) is 21.1. The van der Waals surface area contributed by atoms with Gasteiger partial charge >= 0.3 is 18.2 Å². The van der Waals surface area contributed by atoms with Crippen molar-refractivity contribution in [3.05, 3.63) is 11.6 Å². The Kier molecular flexibility index (Phi) is 16.4. The first-order valence-corrected chi connectivity index (χ1v) is 22.7. The van der Waals surface area contributed by atoms with Crippen molar-refractivity contribution in [1.82, 2.24) is 15.5 Å². The summed E-state index contributed by atoms with van der Waals surface area (Å²) in [6.45, 7) is 24.7. The van der Waals surface area contributed by atoms with Crippen molar-refractivity contribution in [3.8, 4) is 0 Å². The van der Waals surface area contributed by atoms with Crippen LogP contribution in [0.25, 0.3) is 0 Å². The number of hydrogen-bond donors (Lipinski definition) is 2. The number of esters is 1. The van der Waals surface area contributed by atoms with Crippen LogP contribution in [0.2, 0.25) is 0 Å². The Hall–Kier alpha value is -2.78. The highest BCUT2D eigenvalue weighted by Gasteiger charge is 2.59. The third-order valence-electron chi connectivity index (χ3n) is 14.0. The minimum Gasteiger partial charge on any atom is -0.462 e. The second-order valence-corrected chi connectivity index (χ2v) is 21.1. The van der Waals surface area contributed by atoms with Gasteiger partial charge in [0.15, 0.2) is 0 Å². The Morgan fingerprint density at radius 1 is 0.789 bits per heavy atom. The van der Waals surface area contributed by atoms with Crippen LogP contribution in [0, 0.1) is 46.3 Å². The summed E-state index contributed by atoms with van der Waals surface area (Å²) in [4.78, 5) is 52.6. The van der Waals surface area contributed by atoms with Gasteiger partial charge in [-0.15, -0.1) is 0 Å². The van der Waals surface area contributed by atoms with E-state index in [0.29, 0.717) is 50.4 Å². The predicted octanol–water partition coefficient (Wildman–Crippen LogP) is 10.4. The normalized spacial score (nSPS) is 28.9. The maximum atomic E-state index is 13.4. The first-order chi connectivity index (χ1) is 26.6. The molecule has 0 aliphatic heterocycles. The van der Waals surface area contributed by atoms with E-state index in [0.717, 1.165) is 55.3 Å². The average molecular weight is 800 g/mol. The number of ether oxygens (including phenoxy) is 3. The minimum atomic E-state index is -0.599. The Bertz CT molecular complexity index is 1360. The molecule has 10 nitrogen and oxygen atoms in total. The molecule has 4 aliphatic carbocycles. The summed E-state index contributed by atoms with van der Waals surface area (Å²) in [5, 5.41) is 5.49.